The quantitative estimate of drug-likeness (QED) is 0.815. The van der Waals surface area contributed by atoms with Crippen molar-refractivity contribution in [2.24, 2.45) is 11.8 Å². The Morgan fingerprint density at radius 3 is 2.61 bits per heavy atom. The van der Waals surface area contributed by atoms with Crippen LogP contribution in [0.1, 0.15) is 51.9 Å². The normalized spacial score (nSPS) is 25.3. The molecular formula is C15H28N2O. The maximum absolute atomic E-state index is 12.5. The van der Waals surface area contributed by atoms with Crippen molar-refractivity contribution in [1.82, 2.24) is 10.2 Å². The SMILES string of the molecule is CCCN(CC1CCCNC1)C(=O)C1CCCC1. The molecule has 1 N–H and O–H groups in total. The minimum Gasteiger partial charge on any atom is -0.342 e. The maximum atomic E-state index is 12.5. The minimum atomic E-state index is 0.341. The van der Waals surface area contributed by atoms with E-state index in [9.17, 15) is 4.79 Å². The molecule has 0 radical (unpaired) electrons. The molecule has 2 aliphatic rings. The average molecular weight is 252 g/mol. The number of rotatable bonds is 5. The first-order chi connectivity index (χ1) is 8.81. The van der Waals surface area contributed by atoms with E-state index in [-0.39, 0.29) is 0 Å². The molecule has 1 saturated heterocycles. The molecule has 2 rings (SSSR count). The van der Waals surface area contributed by atoms with E-state index < -0.39 is 0 Å². The molecule has 0 aromatic carbocycles. The Morgan fingerprint density at radius 2 is 2.00 bits per heavy atom. The summed E-state index contributed by atoms with van der Waals surface area (Å²) in [5.41, 5.74) is 0. The van der Waals surface area contributed by atoms with Gasteiger partial charge < -0.3 is 10.2 Å². The van der Waals surface area contributed by atoms with Gasteiger partial charge in [0, 0.05) is 19.0 Å². The van der Waals surface area contributed by atoms with E-state index in [1.807, 2.05) is 0 Å². The van der Waals surface area contributed by atoms with Gasteiger partial charge in [0.2, 0.25) is 5.91 Å². The van der Waals surface area contributed by atoms with Crippen molar-refractivity contribution in [3.05, 3.63) is 0 Å². The number of hydrogen-bond acceptors (Lipinski definition) is 2. The van der Waals surface area contributed by atoms with Crippen LogP contribution in [0.2, 0.25) is 0 Å². The number of hydrogen-bond donors (Lipinski definition) is 1. The second kappa shape index (κ2) is 7.13. The predicted octanol–water partition coefficient (Wildman–Crippen LogP) is 2.41. The lowest BCUT2D eigenvalue weighted by atomic mass is 9.98. The molecule has 1 unspecified atom stereocenters. The molecule has 1 saturated carbocycles. The lowest BCUT2D eigenvalue weighted by molar-refractivity contribution is -0.136. The number of carbonyl (C=O) groups excluding carboxylic acids is 1. The first kappa shape index (κ1) is 13.9. The van der Waals surface area contributed by atoms with E-state index in [1.54, 1.807) is 0 Å². The van der Waals surface area contributed by atoms with Crippen LogP contribution >= 0.6 is 0 Å². The van der Waals surface area contributed by atoms with E-state index >= 15 is 0 Å². The largest absolute Gasteiger partial charge is 0.342 e. The van der Waals surface area contributed by atoms with Crippen LogP contribution in [0.25, 0.3) is 0 Å². The first-order valence-corrected chi connectivity index (χ1v) is 7.80. The molecular weight excluding hydrogens is 224 g/mol. The molecule has 3 nitrogen and oxygen atoms in total. The summed E-state index contributed by atoms with van der Waals surface area (Å²) in [6.07, 6.45) is 8.39. The van der Waals surface area contributed by atoms with Crippen molar-refractivity contribution in [1.29, 1.82) is 0 Å². The van der Waals surface area contributed by atoms with Crippen molar-refractivity contribution >= 4 is 5.91 Å². The van der Waals surface area contributed by atoms with E-state index in [1.165, 1.54) is 25.7 Å². The third kappa shape index (κ3) is 3.71. The van der Waals surface area contributed by atoms with Crippen molar-refractivity contribution < 1.29 is 4.79 Å². The number of piperidine rings is 1. The number of amides is 1. The van der Waals surface area contributed by atoms with Crippen LogP contribution in [0.4, 0.5) is 0 Å². The average Bonchev–Trinajstić information content (AvgIpc) is 2.92. The Hall–Kier alpha value is -0.570. The Kier molecular flexibility index (Phi) is 5.48. The van der Waals surface area contributed by atoms with E-state index in [4.69, 9.17) is 0 Å². The molecule has 0 bridgehead atoms. The smallest absolute Gasteiger partial charge is 0.225 e. The summed E-state index contributed by atoms with van der Waals surface area (Å²) in [7, 11) is 0. The number of nitrogens with zero attached hydrogens (tertiary/aromatic N) is 1. The van der Waals surface area contributed by atoms with Gasteiger partial charge in [-0.3, -0.25) is 4.79 Å². The molecule has 3 heteroatoms. The van der Waals surface area contributed by atoms with Gasteiger partial charge in [-0.1, -0.05) is 19.8 Å². The summed E-state index contributed by atoms with van der Waals surface area (Å²) >= 11 is 0. The fourth-order valence-corrected chi connectivity index (χ4v) is 3.38. The maximum Gasteiger partial charge on any atom is 0.225 e. The van der Waals surface area contributed by atoms with Crippen LogP contribution in [0.5, 0.6) is 0 Å². The lowest BCUT2D eigenvalue weighted by Crippen LogP contribution is -2.43. The van der Waals surface area contributed by atoms with E-state index in [2.05, 4.69) is 17.1 Å². The Morgan fingerprint density at radius 1 is 1.22 bits per heavy atom. The summed E-state index contributed by atoms with van der Waals surface area (Å²) in [5.74, 6) is 1.46. The monoisotopic (exact) mass is 252 g/mol. The molecule has 1 aliphatic carbocycles. The second-order valence-electron chi connectivity index (χ2n) is 5.98. The zero-order valence-electron chi connectivity index (χ0n) is 11.8. The molecule has 1 heterocycles. The first-order valence-electron chi connectivity index (χ1n) is 7.80. The number of carbonyl (C=O) groups is 1. The van der Waals surface area contributed by atoms with Gasteiger partial charge in [0.25, 0.3) is 0 Å². The Bertz CT molecular complexity index is 255. The third-order valence-corrected chi connectivity index (χ3v) is 4.39. The van der Waals surface area contributed by atoms with Gasteiger partial charge in [0.15, 0.2) is 0 Å². The van der Waals surface area contributed by atoms with Crippen molar-refractivity contribution in [3.8, 4) is 0 Å². The summed E-state index contributed by atoms with van der Waals surface area (Å²) in [4.78, 5) is 14.7. The fraction of sp³-hybridized carbons (Fsp3) is 0.933. The summed E-state index contributed by atoms with van der Waals surface area (Å²) in [5, 5.41) is 3.45. The fourth-order valence-electron chi connectivity index (χ4n) is 3.38. The molecule has 18 heavy (non-hydrogen) atoms. The molecule has 104 valence electrons. The summed E-state index contributed by atoms with van der Waals surface area (Å²) < 4.78 is 0. The molecule has 0 aromatic rings. The Balaban J connectivity index is 1.87. The number of nitrogens with one attached hydrogen (secondary N) is 1. The van der Waals surface area contributed by atoms with Crippen LogP contribution < -0.4 is 5.32 Å². The Labute approximate surface area is 111 Å². The summed E-state index contributed by atoms with van der Waals surface area (Å²) in [6, 6.07) is 0. The van der Waals surface area contributed by atoms with Crippen molar-refractivity contribution in [2.45, 2.75) is 51.9 Å². The van der Waals surface area contributed by atoms with Gasteiger partial charge in [-0.05, 0) is 51.1 Å². The molecule has 1 aliphatic heterocycles. The van der Waals surface area contributed by atoms with E-state index in [0.717, 1.165) is 45.4 Å². The molecule has 1 atom stereocenters. The van der Waals surface area contributed by atoms with E-state index in [0.29, 0.717) is 17.7 Å². The minimum absolute atomic E-state index is 0.341. The van der Waals surface area contributed by atoms with Crippen LogP contribution in [0, 0.1) is 11.8 Å². The van der Waals surface area contributed by atoms with Crippen LogP contribution in [0.3, 0.4) is 0 Å². The zero-order chi connectivity index (χ0) is 12.8. The molecule has 1 amide bonds. The van der Waals surface area contributed by atoms with Gasteiger partial charge in [-0.15, -0.1) is 0 Å². The van der Waals surface area contributed by atoms with Crippen molar-refractivity contribution in [3.63, 3.8) is 0 Å². The van der Waals surface area contributed by atoms with Gasteiger partial charge >= 0.3 is 0 Å². The van der Waals surface area contributed by atoms with Gasteiger partial charge in [-0.25, -0.2) is 0 Å². The topological polar surface area (TPSA) is 32.3 Å². The molecule has 0 spiro atoms. The zero-order valence-corrected chi connectivity index (χ0v) is 11.8. The second-order valence-corrected chi connectivity index (χ2v) is 5.98. The van der Waals surface area contributed by atoms with Gasteiger partial charge in [-0.2, -0.15) is 0 Å². The standard InChI is InChI=1S/C15H28N2O/c1-2-10-17(12-13-6-5-9-16-11-13)15(18)14-7-3-4-8-14/h13-14,16H,2-12H2,1H3. The van der Waals surface area contributed by atoms with Gasteiger partial charge in [0.05, 0.1) is 0 Å². The van der Waals surface area contributed by atoms with Gasteiger partial charge in [0.1, 0.15) is 0 Å². The highest BCUT2D eigenvalue weighted by atomic mass is 16.2. The highest BCUT2D eigenvalue weighted by Gasteiger charge is 2.28. The third-order valence-electron chi connectivity index (χ3n) is 4.39. The van der Waals surface area contributed by atoms with Crippen LogP contribution in [-0.2, 0) is 4.79 Å². The highest BCUT2D eigenvalue weighted by Crippen LogP contribution is 2.27. The highest BCUT2D eigenvalue weighted by molar-refractivity contribution is 5.79. The molecule has 2 fully saturated rings. The predicted molar refractivity (Wildman–Crippen MR) is 74.4 cm³/mol. The summed E-state index contributed by atoms with van der Waals surface area (Å²) in [6.45, 7) is 6.36. The molecule has 0 aromatic heterocycles. The lowest BCUT2D eigenvalue weighted by Gasteiger charge is -2.31. The van der Waals surface area contributed by atoms with Crippen molar-refractivity contribution in [2.75, 3.05) is 26.2 Å². The van der Waals surface area contributed by atoms with Crippen LogP contribution in [0.15, 0.2) is 0 Å². The van der Waals surface area contributed by atoms with Crippen LogP contribution in [-0.4, -0.2) is 37.0 Å².